The third kappa shape index (κ3) is 5.84. The number of nitrogens with one attached hydrogen (secondary N) is 3. The van der Waals surface area contributed by atoms with Gasteiger partial charge in [-0.1, -0.05) is 16.9 Å². The van der Waals surface area contributed by atoms with Gasteiger partial charge in [0.25, 0.3) is 11.8 Å². The number of carboxylic acid groups (broad SMARTS) is 2. The number of carbonyl (C=O) groups is 6. The number of hydrazine groups is 1. The lowest BCUT2D eigenvalue weighted by Gasteiger charge is -2.41. The van der Waals surface area contributed by atoms with Gasteiger partial charge in [-0.2, -0.15) is 0 Å². The van der Waals surface area contributed by atoms with E-state index in [1.807, 2.05) is 0 Å². The Labute approximate surface area is 292 Å². The smallest absolute Gasteiger partial charge is 0.350 e. The topological polar surface area (TPSA) is 310 Å². The number of thioether (sulfide) groups is 1. The highest BCUT2D eigenvalue weighted by molar-refractivity contribution is 8.02. The van der Waals surface area contributed by atoms with Crippen LogP contribution in [-0.4, -0.2) is 128 Å². The monoisotopic (exact) mass is 745 g/mol. The fourth-order valence-electron chi connectivity index (χ4n) is 5.39. The first-order valence-corrected chi connectivity index (χ1v) is 16.4. The number of carboxylic acids is 2. The third-order valence-electron chi connectivity index (χ3n) is 8.22. The van der Waals surface area contributed by atoms with E-state index < -0.39 is 92.3 Å². The average molecular weight is 746 g/mol. The SMILES string of the molecule is CC(C)(O/N=C(\C(=O)N[C@@H]1C(=O)N2C[C@@](C(=O)O)(N3CCN(NC(=O)c4c[nH]c5cc(O)c(O)cc5c4=O)C3=O)S[C@H]12)c1csc(N)n1)C(=O)O. The number of aliphatic carboxylic acids is 2. The number of nitrogens with two attached hydrogens (primary N) is 1. The van der Waals surface area contributed by atoms with Crippen molar-refractivity contribution in [3.8, 4) is 11.5 Å². The fourth-order valence-corrected chi connectivity index (χ4v) is 7.57. The molecule has 0 saturated carbocycles. The molecule has 3 aliphatic heterocycles. The van der Waals surface area contributed by atoms with Gasteiger partial charge in [-0.05, 0) is 19.9 Å². The normalized spacial score (nSPS) is 21.8. The maximum absolute atomic E-state index is 13.5. The molecule has 21 nitrogen and oxygen atoms in total. The van der Waals surface area contributed by atoms with Crippen LogP contribution in [0.5, 0.6) is 11.5 Å². The molecular formula is C28H27N9O12S2. The summed E-state index contributed by atoms with van der Waals surface area (Å²) in [5.41, 5.74) is 4.38. The number of thiazole rings is 1. The molecule has 3 saturated heterocycles. The first-order valence-electron chi connectivity index (χ1n) is 14.7. The summed E-state index contributed by atoms with van der Waals surface area (Å²) in [4.78, 5) is 102. The van der Waals surface area contributed by atoms with E-state index in [2.05, 4.69) is 25.9 Å². The van der Waals surface area contributed by atoms with Crippen molar-refractivity contribution in [3.05, 3.63) is 45.2 Å². The zero-order valence-corrected chi connectivity index (χ0v) is 27.9. The number of pyridine rings is 1. The summed E-state index contributed by atoms with van der Waals surface area (Å²) in [6.45, 7) is 1.47. The number of urea groups is 1. The van der Waals surface area contributed by atoms with Gasteiger partial charge in [-0.3, -0.25) is 29.5 Å². The van der Waals surface area contributed by atoms with Crippen LogP contribution in [0, 0.1) is 0 Å². The third-order valence-corrected chi connectivity index (χ3v) is 10.6. The number of aromatic amines is 1. The summed E-state index contributed by atoms with van der Waals surface area (Å²) in [5, 5.41) is 46.5. The maximum Gasteiger partial charge on any atom is 0.350 e. The van der Waals surface area contributed by atoms with Gasteiger partial charge < -0.3 is 46.2 Å². The molecule has 6 rings (SSSR count). The summed E-state index contributed by atoms with van der Waals surface area (Å²) in [7, 11) is 0. The average Bonchev–Trinajstić information content (AvgIpc) is 3.77. The van der Waals surface area contributed by atoms with E-state index in [-0.39, 0.29) is 34.8 Å². The summed E-state index contributed by atoms with van der Waals surface area (Å²) in [6.07, 6.45) is 1.05. The number of aromatic nitrogens is 2. The minimum absolute atomic E-state index is 0.0532. The Balaban J connectivity index is 1.18. The van der Waals surface area contributed by atoms with E-state index in [4.69, 9.17) is 10.6 Å². The van der Waals surface area contributed by atoms with E-state index in [1.165, 1.54) is 19.2 Å². The number of nitrogens with zero attached hydrogens (tertiary/aromatic N) is 5. The first kappa shape index (κ1) is 34.8. The number of fused-ring (bicyclic) bond motifs is 2. The van der Waals surface area contributed by atoms with Crippen molar-refractivity contribution >= 4 is 80.5 Å². The Morgan fingerprint density at radius 1 is 1.14 bits per heavy atom. The van der Waals surface area contributed by atoms with E-state index in [9.17, 15) is 54.0 Å². The number of H-pyrrole nitrogens is 1. The number of benzene rings is 1. The number of carbonyl (C=O) groups excluding carboxylic acids is 4. The molecule has 0 spiro atoms. The van der Waals surface area contributed by atoms with Gasteiger partial charge in [-0.15, -0.1) is 11.3 Å². The Hall–Kier alpha value is -6.10. The molecule has 3 atom stereocenters. The second-order valence-electron chi connectivity index (χ2n) is 11.9. The van der Waals surface area contributed by atoms with E-state index in [1.54, 1.807) is 0 Å². The number of nitrogen functional groups attached to an aromatic ring is 1. The summed E-state index contributed by atoms with van der Waals surface area (Å²) in [6, 6.07) is -0.200. The molecule has 51 heavy (non-hydrogen) atoms. The van der Waals surface area contributed by atoms with Gasteiger partial charge in [0.05, 0.1) is 24.0 Å². The number of rotatable bonds is 10. The second-order valence-corrected chi connectivity index (χ2v) is 14.2. The summed E-state index contributed by atoms with van der Waals surface area (Å²) in [5.74, 6) is -6.68. The van der Waals surface area contributed by atoms with E-state index in [0.717, 1.165) is 44.5 Å². The predicted molar refractivity (Wildman–Crippen MR) is 175 cm³/mol. The molecule has 0 unspecified atom stereocenters. The van der Waals surface area contributed by atoms with Crippen LogP contribution >= 0.6 is 23.1 Å². The maximum atomic E-state index is 13.5. The number of amides is 5. The molecule has 268 valence electrons. The number of hydrogen-bond acceptors (Lipinski definition) is 15. The van der Waals surface area contributed by atoms with Crippen molar-refractivity contribution in [1.82, 2.24) is 35.5 Å². The number of phenols is 2. The molecule has 3 aliphatic rings. The van der Waals surface area contributed by atoms with Crippen molar-refractivity contribution in [2.24, 2.45) is 5.16 Å². The van der Waals surface area contributed by atoms with Crippen LogP contribution in [-0.2, 0) is 24.0 Å². The highest BCUT2D eigenvalue weighted by Crippen LogP contribution is 2.49. The number of anilines is 1. The number of β-lactam (4-membered cyclic amide) rings is 1. The summed E-state index contributed by atoms with van der Waals surface area (Å²) < 4.78 is 0. The fraction of sp³-hybridized carbons (Fsp3) is 0.321. The molecule has 5 amide bonds. The Morgan fingerprint density at radius 3 is 2.49 bits per heavy atom. The molecule has 23 heteroatoms. The van der Waals surface area contributed by atoms with E-state index in [0.29, 0.717) is 11.8 Å². The van der Waals surface area contributed by atoms with Gasteiger partial charge in [0.2, 0.25) is 21.8 Å². The lowest BCUT2D eigenvalue weighted by Crippen LogP contribution is -2.68. The van der Waals surface area contributed by atoms with Gasteiger partial charge >= 0.3 is 18.0 Å². The van der Waals surface area contributed by atoms with Crippen LogP contribution in [0.4, 0.5) is 9.93 Å². The lowest BCUT2D eigenvalue weighted by molar-refractivity contribution is -0.161. The molecule has 1 aromatic carbocycles. The minimum atomic E-state index is -2.05. The zero-order chi connectivity index (χ0) is 37.2. The first-order chi connectivity index (χ1) is 23.9. The highest BCUT2D eigenvalue weighted by Gasteiger charge is 2.66. The molecule has 0 radical (unpaired) electrons. The molecule has 5 heterocycles. The second kappa shape index (κ2) is 12.3. The van der Waals surface area contributed by atoms with Crippen LogP contribution in [0.1, 0.15) is 29.9 Å². The number of phenolic OH excluding ortho intramolecular Hbond substituents is 2. The van der Waals surface area contributed by atoms with Crippen molar-refractivity contribution in [3.63, 3.8) is 0 Å². The Bertz CT molecular complexity index is 2130. The summed E-state index contributed by atoms with van der Waals surface area (Å²) >= 11 is 1.66. The molecule has 0 bridgehead atoms. The molecule has 3 aromatic rings. The Morgan fingerprint density at radius 2 is 1.84 bits per heavy atom. The van der Waals surface area contributed by atoms with Crippen LogP contribution in [0.3, 0.4) is 0 Å². The van der Waals surface area contributed by atoms with Crippen LogP contribution < -0.4 is 21.9 Å². The number of oxime groups is 1. The van der Waals surface area contributed by atoms with Crippen LogP contribution in [0.15, 0.2) is 33.7 Å². The molecule has 2 aromatic heterocycles. The van der Waals surface area contributed by atoms with Gasteiger partial charge in [0.1, 0.15) is 22.7 Å². The van der Waals surface area contributed by atoms with Crippen molar-refractivity contribution < 1.29 is 54.0 Å². The standard InChI is InChI=1S/C28H27N9O12S2/c1-27(2,23(44)45)49-34-16(13-8-50-25(29)31-13)20(42)32-17-21(43)35-9-28(24(46)47,51-22(17)35)36-3-4-37(26(36)48)33-19(41)11-7-30-12-6-15(39)14(38)5-10(12)18(11)40/h5-8,17,22,38-39H,3-4,9H2,1-2H3,(H2,29,31)(H,30,40)(H,32,42)(H,33,41)(H,44,45)(H,46,47)/b34-16-/t17-,22-,28-/m1/s1. The van der Waals surface area contributed by atoms with Crippen molar-refractivity contribution in [2.45, 2.75) is 35.7 Å². The number of aromatic hydroxyl groups is 2. The molecule has 9 N–H and O–H groups in total. The van der Waals surface area contributed by atoms with E-state index >= 15 is 0 Å². The van der Waals surface area contributed by atoms with Gasteiger partial charge in [-0.25, -0.2) is 24.4 Å². The number of hydrogen-bond donors (Lipinski definition) is 8. The predicted octanol–water partition coefficient (Wildman–Crippen LogP) is -1.17. The molecule has 0 aliphatic carbocycles. The van der Waals surface area contributed by atoms with Crippen LogP contribution in [0.2, 0.25) is 0 Å². The van der Waals surface area contributed by atoms with Gasteiger partial charge in [0.15, 0.2) is 22.3 Å². The minimum Gasteiger partial charge on any atom is -0.504 e. The zero-order valence-electron chi connectivity index (χ0n) is 26.3. The van der Waals surface area contributed by atoms with Gasteiger partial charge in [0, 0.05) is 24.2 Å². The van der Waals surface area contributed by atoms with Crippen LogP contribution in [0.25, 0.3) is 10.9 Å². The highest BCUT2D eigenvalue weighted by atomic mass is 32.2. The lowest BCUT2D eigenvalue weighted by atomic mass is 10.1. The Kier molecular flexibility index (Phi) is 8.41. The van der Waals surface area contributed by atoms with Crippen molar-refractivity contribution in [1.29, 1.82) is 0 Å². The molecule has 3 fully saturated rings. The largest absolute Gasteiger partial charge is 0.504 e. The van der Waals surface area contributed by atoms with Crippen molar-refractivity contribution in [2.75, 3.05) is 25.4 Å². The quantitative estimate of drug-likeness (QED) is 0.0525. The molecular weight excluding hydrogens is 718 g/mol.